The number of nitrogens with one attached hydrogen (secondary N) is 1. The standard InChI is InChI=1S/C16H21F3N2/c1-11(13-6-2-3-7-14(13)16(17,18)19)21-8-4-5-12-9-20-10-15(12)21/h2-3,6-7,11-12,15,20H,4-5,8-10H2,1H3. The zero-order valence-corrected chi connectivity index (χ0v) is 12.2. The van der Waals surface area contributed by atoms with Crippen molar-refractivity contribution < 1.29 is 13.2 Å². The minimum atomic E-state index is -4.28. The van der Waals surface area contributed by atoms with Gasteiger partial charge in [0, 0.05) is 18.6 Å². The van der Waals surface area contributed by atoms with Gasteiger partial charge in [-0.1, -0.05) is 18.2 Å². The minimum Gasteiger partial charge on any atom is -0.315 e. The van der Waals surface area contributed by atoms with E-state index >= 15 is 0 Å². The molecule has 0 bridgehead atoms. The molecule has 21 heavy (non-hydrogen) atoms. The summed E-state index contributed by atoms with van der Waals surface area (Å²) in [4.78, 5) is 2.26. The Labute approximate surface area is 123 Å². The number of rotatable bonds is 2. The van der Waals surface area contributed by atoms with Crippen LogP contribution in [-0.4, -0.2) is 30.6 Å². The normalized spacial score (nSPS) is 28.4. The van der Waals surface area contributed by atoms with Crippen molar-refractivity contribution in [3.8, 4) is 0 Å². The lowest BCUT2D eigenvalue weighted by Crippen LogP contribution is -2.46. The quantitative estimate of drug-likeness (QED) is 0.899. The Balaban J connectivity index is 1.90. The van der Waals surface area contributed by atoms with Gasteiger partial charge in [0.05, 0.1) is 5.56 Å². The number of benzene rings is 1. The topological polar surface area (TPSA) is 15.3 Å². The van der Waals surface area contributed by atoms with Crippen LogP contribution in [0.3, 0.4) is 0 Å². The maximum atomic E-state index is 13.2. The molecule has 5 heteroatoms. The Morgan fingerprint density at radius 3 is 2.76 bits per heavy atom. The lowest BCUT2D eigenvalue weighted by molar-refractivity contribution is -0.139. The van der Waals surface area contributed by atoms with Crippen LogP contribution in [0.1, 0.15) is 36.9 Å². The third-order valence-corrected chi connectivity index (χ3v) is 4.94. The van der Waals surface area contributed by atoms with Crippen LogP contribution >= 0.6 is 0 Å². The second-order valence-corrected chi connectivity index (χ2v) is 6.13. The van der Waals surface area contributed by atoms with Crippen molar-refractivity contribution in [1.29, 1.82) is 0 Å². The van der Waals surface area contributed by atoms with E-state index < -0.39 is 11.7 Å². The van der Waals surface area contributed by atoms with Crippen molar-refractivity contribution in [2.75, 3.05) is 19.6 Å². The van der Waals surface area contributed by atoms with Crippen LogP contribution in [-0.2, 0) is 6.18 Å². The molecule has 0 spiro atoms. The highest BCUT2D eigenvalue weighted by Gasteiger charge is 2.40. The molecule has 0 aromatic heterocycles. The van der Waals surface area contributed by atoms with E-state index in [0.29, 0.717) is 17.5 Å². The molecule has 2 fully saturated rings. The zero-order valence-electron chi connectivity index (χ0n) is 12.2. The number of hydrogen-bond acceptors (Lipinski definition) is 2. The summed E-state index contributed by atoms with van der Waals surface area (Å²) in [7, 11) is 0. The second kappa shape index (κ2) is 5.61. The van der Waals surface area contributed by atoms with Gasteiger partial charge in [0.15, 0.2) is 0 Å². The molecule has 2 nitrogen and oxygen atoms in total. The van der Waals surface area contributed by atoms with E-state index in [0.717, 1.165) is 26.1 Å². The van der Waals surface area contributed by atoms with E-state index in [4.69, 9.17) is 0 Å². The van der Waals surface area contributed by atoms with Crippen molar-refractivity contribution in [1.82, 2.24) is 10.2 Å². The Kier molecular flexibility index (Phi) is 3.97. The molecule has 1 N–H and O–H groups in total. The molecule has 2 saturated heterocycles. The summed E-state index contributed by atoms with van der Waals surface area (Å²) in [5.41, 5.74) is -0.0943. The Bertz CT molecular complexity index is 501. The van der Waals surface area contributed by atoms with Gasteiger partial charge < -0.3 is 5.32 Å². The monoisotopic (exact) mass is 298 g/mol. The molecule has 2 heterocycles. The van der Waals surface area contributed by atoms with Crippen LogP contribution in [0.4, 0.5) is 13.2 Å². The van der Waals surface area contributed by atoms with Crippen molar-refractivity contribution >= 4 is 0 Å². The number of halogens is 3. The molecule has 3 rings (SSSR count). The van der Waals surface area contributed by atoms with E-state index in [9.17, 15) is 13.2 Å². The third kappa shape index (κ3) is 2.81. The summed E-state index contributed by atoms with van der Waals surface area (Å²) in [5, 5.41) is 3.38. The largest absolute Gasteiger partial charge is 0.416 e. The number of alkyl halides is 3. The summed E-state index contributed by atoms with van der Waals surface area (Å²) in [6.45, 7) is 4.68. The van der Waals surface area contributed by atoms with E-state index in [-0.39, 0.29) is 6.04 Å². The molecule has 3 atom stereocenters. The lowest BCUT2D eigenvalue weighted by Gasteiger charge is -2.41. The molecular formula is C16H21F3N2. The summed E-state index contributed by atoms with van der Waals surface area (Å²) >= 11 is 0. The number of nitrogens with zero attached hydrogens (tertiary/aromatic N) is 1. The first-order chi connectivity index (χ1) is 9.98. The van der Waals surface area contributed by atoms with Crippen molar-refractivity contribution in [3.63, 3.8) is 0 Å². The van der Waals surface area contributed by atoms with Gasteiger partial charge in [0.2, 0.25) is 0 Å². The van der Waals surface area contributed by atoms with E-state index in [2.05, 4.69) is 10.2 Å². The van der Waals surface area contributed by atoms with Gasteiger partial charge in [0.1, 0.15) is 0 Å². The van der Waals surface area contributed by atoms with Crippen molar-refractivity contribution in [2.24, 2.45) is 5.92 Å². The van der Waals surface area contributed by atoms with Gasteiger partial charge in [-0.2, -0.15) is 13.2 Å². The number of fused-ring (bicyclic) bond motifs is 1. The fourth-order valence-corrected chi connectivity index (χ4v) is 3.88. The number of piperidine rings is 1. The minimum absolute atomic E-state index is 0.199. The molecule has 0 aliphatic carbocycles. The molecule has 0 saturated carbocycles. The molecular weight excluding hydrogens is 277 g/mol. The van der Waals surface area contributed by atoms with Gasteiger partial charge in [-0.3, -0.25) is 4.90 Å². The zero-order chi connectivity index (χ0) is 15.0. The maximum absolute atomic E-state index is 13.2. The first-order valence-electron chi connectivity index (χ1n) is 7.61. The van der Waals surface area contributed by atoms with Crippen LogP contribution in [0.5, 0.6) is 0 Å². The number of hydrogen-bond donors (Lipinski definition) is 1. The fourth-order valence-electron chi connectivity index (χ4n) is 3.88. The van der Waals surface area contributed by atoms with Gasteiger partial charge in [0.25, 0.3) is 0 Å². The molecule has 1 aromatic carbocycles. The first kappa shape index (κ1) is 14.9. The van der Waals surface area contributed by atoms with Crippen molar-refractivity contribution in [3.05, 3.63) is 35.4 Å². The number of likely N-dealkylation sites (tertiary alicyclic amines) is 1. The van der Waals surface area contributed by atoms with Crippen LogP contribution in [0.15, 0.2) is 24.3 Å². The predicted molar refractivity (Wildman–Crippen MR) is 75.9 cm³/mol. The van der Waals surface area contributed by atoms with Gasteiger partial charge in [-0.15, -0.1) is 0 Å². The van der Waals surface area contributed by atoms with Crippen molar-refractivity contribution in [2.45, 2.75) is 38.0 Å². The highest BCUT2D eigenvalue weighted by atomic mass is 19.4. The molecule has 0 amide bonds. The third-order valence-electron chi connectivity index (χ3n) is 4.94. The first-order valence-corrected chi connectivity index (χ1v) is 7.61. The summed E-state index contributed by atoms with van der Waals surface area (Å²) < 4.78 is 39.6. The second-order valence-electron chi connectivity index (χ2n) is 6.13. The lowest BCUT2D eigenvalue weighted by atomic mass is 9.89. The van der Waals surface area contributed by atoms with Crippen LogP contribution in [0.2, 0.25) is 0 Å². The van der Waals surface area contributed by atoms with Gasteiger partial charge in [-0.05, 0) is 50.4 Å². The summed E-state index contributed by atoms with van der Waals surface area (Å²) in [6.07, 6.45) is -2.03. The Morgan fingerprint density at radius 1 is 1.24 bits per heavy atom. The maximum Gasteiger partial charge on any atom is 0.416 e. The van der Waals surface area contributed by atoms with Gasteiger partial charge >= 0.3 is 6.18 Å². The Hall–Kier alpha value is -1.07. The molecule has 2 aliphatic heterocycles. The Morgan fingerprint density at radius 2 is 2.00 bits per heavy atom. The van der Waals surface area contributed by atoms with E-state index in [1.807, 2.05) is 6.92 Å². The SMILES string of the molecule is CC(c1ccccc1C(F)(F)F)N1CCCC2CNCC21. The summed E-state index contributed by atoms with van der Waals surface area (Å²) in [6, 6.07) is 6.16. The average Bonchev–Trinajstić information content (AvgIpc) is 2.94. The molecule has 1 aromatic rings. The predicted octanol–water partition coefficient (Wildman–Crippen LogP) is 3.45. The van der Waals surface area contributed by atoms with E-state index in [1.54, 1.807) is 12.1 Å². The van der Waals surface area contributed by atoms with Crippen LogP contribution < -0.4 is 5.32 Å². The average molecular weight is 298 g/mol. The molecule has 0 radical (unpaired) electrons. The highest BCUT2D eigenvalue weighted by Crippen LogP contribution is 2.39. The van der Waals surface area contributed by atoms with E-state index in [1.165, 1.54) is 18.6 Å². The molecule has 116 valence electrons. The molecule has 3 unspecified atom stereocenters. The smallest absolute Gasteiger partial charge is 0.315 e. The fraction of sp³-hybridized carbons (Fsp3) is 0.625. The van der Waals surface area contributed by atoms with Crippen LogP contribution in [0.25, 0.3) is 0 Å². The highest BCUT2D eigenvalue weighted by molar-refractivity contribution is 5.32. The summed E-state index contributed by atoms with van der Waals surface area (Å²) in [5.74, 6) is 0.583. The van der Waals surface area contributed by atoms with Crippen LogP contribution in [0, 0.1) is 5.92 Å². The van der Waals surface area contributed by atoms with Gasteiger partial charge in [-0.25, -0.2) is 0 Å². The molecule has 2 aliphatic rings.